The first kappa shape index (κ1) is 22.0. The van der Waals surface area contributed by atoms with Crippen molar-refractivity contribution < 1.29 is 9.18 Å². The van der Waals surface area contributed by atoms with E-state index in [-0.39, 0.29) is 23.3 Å². The van der Waals surface area contributed by atoms with E-state index in [1.165, 1.54) is 17.2 Å². The molecule has 2 saturated heterocycles. The second-order valence-electron chi connectivity index (χ2n) is 10.0. The fraction of sp³-hybridized carbons (Fsp3) is 0.500. The Balaban J connectivity index is 1.26. The maximum atomic E-state index is 13.4. The Morgan fingerprint density at radius 1 is 1.10 bits per heavy atom. The van der Waals surface area contributed by atoms with Crippen LogP contribution in [0.5, 0.6) is 0 Å². The van der Waals surface area contributed by atoms with E-state index in [0.717, 1.165) is 62.8 Å². The summed E-state index contributed by atoms with van der Waals surface area (Å²) in [6.45, 7) is 11.5. The van der Waals surface area contributed by atoms with Crippen LogP contribution < -0.4 is 5.32 Å². The molecule has 31 heavy (non-hydrogen) atoms. The summed E-state index contributed by atoms with van der Waals surface area (Å²) in [5.41, 5.74) is 2.68. The maximum Gasteiger partial charge on any atom is 0.244 e. The standard InChI is InChI=1S/C26H34FN3O/c1-26(2,3)30-12-8-19(9-13-30)15-25(31)28-24-10-11-29(18-24)17-20-4-5-22-16-23(27)7-6-21(22)14-20/h4-7,14-16,24H,8-13,17-18H2,1-3H3,(H,28,31)/t24-/m1/s1. The molecule has 2 heterocycles. The van der Waals surface area contributed by atoms with Gasteiger partial charge in [0.2, 0.25) is 5.91 Å². The van der Waals surface area contributed by atoms with E-state index in [9.17, 15) is 9.18 Å². The van der Waals surface area contributed by atoms with Crippen molar-refractivity contribution in [1.82, 2.24) is 15.1 Å². The van der Waals surface area contributed by atoms with Crippen LogP contribution in [-0.4, -0.2) is 53.5 Å². The van der Waals surface area contributed by atoms with Gasteiger partial charge in [-0.3, -0.25) is 14.6 Å². The first-order valence-corrected chi connectivity index (χ1v) is 11.4. The van der Waals surface area contributed by atoms with Gasteiger partial charge in [-0.25, -0.2) is 4.39 Å². The Morgan fingerprint density at radius 2 is 1.81 bits per heavy atom. The topological polar surface area (TPSA) is 35.6 Å². The summed E-state index contributed by atoms with van der Waals surface area (Å²) in [6, 6.07) is 11.3. The molecule has 2 aliphatic heterocycles. The van der Waals surface area contributed by atoms with Crippen LogP contribution in [0.2, 0.25) is 0 Å². The minimum Gasteiger partial charge on any atom is -0.348 e. The fourth-order valence-electron chi connectivity index (χ4n) is 4.75. The molecule has 1 amide bonds. The Labute approximate surface area is 185 Å². The van der Waals surface area contributed by atoms with Gasteiger partial charge in [0.1, 0.15) is 5.82 Å². The second kappa shape index (κ2) is 9.09. The molecule has 0 aliphatic carbocycles. The van der Waals surface area contributed by atoms with Gasteiger partial charge in [0.05, 0.1) is 0 Å². The summed E-state index contributed by atoms with van der Waals surface area (Å²) in [5.74, 6) is -0.146. The molecule has 2 aromatic carbocycles. The Hall–Kier alpha value is -2.24. The Bertz CT molecular complexity index is 968. The molecule has 0 aromatic heterocycles. The third kappa shape index (κ3) is 5.72. The molecule has 1 atom stereocenters. The van der Waals surface area contributed by atoms with E-state index in [4.69, 9.17) is 0 Å². The number of nitrogens with one attached hydrogen (secondary N) is 1. The molecular weight excluding hydrogens is 389 g/mol. The number of piperidine rings is 1. The van der Waals surface area contributed by atoms with Crippen LogP contribution >= 0.6 is 0 Å². The van der Waals surface area contributed by atoms with Crippen LogP contribution in [0.4, 0.5) is 4.39 Å². The molecule has 166 valence electrons. The third-order valence-electron chi connectivity index (χ3n) is 6.58. The smallest absolute Gasteiger partial charge is 0.244 e. The number of amides is 1. The number of likely N-dealkylation sites (tertiary alicyclic amines) is 2. The summed E-state index contributed by atoms with van der Waals surface area (Å²) in [5, 5.41) is 5.20. The largest absolute Gasteiger partial charge is 0.348 e. The molecule has 0 saturated carbocycles. The fourth-order valence-corrected chi connectivity index (χ4v) is 4.75. The molecule has 2 fully saturated rings. The molecule has 1 N–H and O–H groups in total. The van der Waals surface area contributed by atoms with E-state index in [1.54, 1.807) is 6.07 Å². The second-order valence-corrected chi connectivity index (χ2v) is 10.0. The lowest BCUT2D eigenvalue weighted by Crippen LogP contribution is -2.45. The lowest BCUT2D eigenvalue weighted by molar-refractivity contribution is -0.117. The minimum absolute atomic E-state index is 0.0544. The van der Waals surface area contributed by atoms with Crippen molar-refractivity contribution in [1.29, 1.82) is 0 Å². The van der Waals surface area contributed by atoms with Crippen molar-refractivity contribution >= 4 is 16.7 Å². The van der Waals surface area contributed by atoms with Gasteiger partial charge in [0.25, 0.3) is 0 Å². The molecule has 5 heteroatoms. The van der Waals surface area contributed by atoms with Gasteiger partial charge in [-0.1, -0.05) is 23.8 Å². The van der Waals surface area contributed by atoms with Gasteiger partial charge in [-0.15, -0.1) is 0 Å². The number of hydrogen-bond donors (Lipinski definition) is 1. The SMILES string of the molecule is CC(C)(C)N1CCC(=CC(=O)N[C@@H]2CCN(Cc3ccc4cc(F)ccc4c3)C2)CC1. The molecule has 0 unspecified atom stereocenters. The zero-order valence-electron chi connectivity index (χ0n) is 19.0. The Kier molecular flexibility index (Phi) is 6.44. The van der Waals surface area contributed by atoms with Crippen molar-refractivity contribution in [2.45, 2.75) is 58.2 Å². The van der Waals surface area contributed by atoms with Crippen molar-refractivity contribution in [3.05, 3.63) is 59.4 Å². The highest BCUT2D eigenvalue weighted by Gasteiger charge is 2.26. The number of carbonyl (C=O) groups is 1. The van der Waals surface area contributed by atoms with Crippen LogP contribution in [0, 0.1) is 5.82 Å². The van der Waals surface area contributed by atoms with Crippen molar-refractivity contribution in [3.63, 3.8) is 0 Å². The normalized spacial score (nSPS) is 20.9. The zero-order valence-corrected chi connectivity index (χ0v) is 19.0. The van der Waals surface area contributed by atoms with Gasteiger partial charge < -0.3 is 5.32 Å². The van der Waals surface area contributed by atoms with Crippen molar-refractivity contribution in [2.75, 3.05) is 26.2 Å². The highest BCUT2D eigenvalue weighted by atomic mass is 19.1. The Morgan fingerprint density at radius 3 is 2.55 bits per heavy atom. The number of carbonyl (C=O) groups excluding carboxylic acids is 1. The zero-order chi connectivity index (χ0) is 22.0. The van der Waals surface area contributed by atoms with Gasteiger partial charge in [0.15, 0.2) is 0 Å². The summed E-state index contributed by atoms with van der Waals surface area (Å²) in [4.78, 5) is 17.4. The van der Waals surface area contributed by atoms with E-state index >= 15 is 0 Å². The first-order valence-electron chi connectivity index (χ1n) is 11.4. The van der Waals surface area contributed by atoms with Crippen LogP contribution in [0.25, 0.3) is 10.8 Å². The maximum absolute atomic E-state index is 13.4. The van der Waals surface area contributed by atoms with E-state index in [2.05, 4.69) is 48.0 Å². The van der Waals surface area contributed by atoms with Gasteiger partial charge in [0, 0.05) is 50.4 Å². The predicted molar refractivity (Wildman–Crippen MR) is 124 cm³/mol. The first-order chi connectivity index (χ1) is 14.8. The molecule has 0 radical (unpaired) electrons. The van der Waals surface area contributed by atoms with Crippen LogP contribution in [0.1, 0.15) is 45.6 Å². The number of halogens is 1. The molecule has 4 nitrogen and oxygen atoms in total. The van der Waals surface area contributed by atoms with E-state index in [1.807, 2.05) is 18.2 Å². The van der Waals surface area contributed by atoms with Crippen LogP contribution in [0.15, 0.2) is 48.0 Å². The van der Waals surface area contributed by atoms with Gasteiger partial charge >= 0.3 is 0 Å². The number of rotatable bonds is 4. The number of nitrogens with zero attached hydrogens (tertiary/aromatic N) is 2. The minimum atomic E-state index is -0.201. The van der Waals surface area contributed by atoms with E-state index < -0.39 is 0 Å². The summed E-state index contributed by atoms with van der Waals surface area (Å²) >= 11 is 0. The monoisotopic (exact) mass is 423 g/mol. The molecule has 0 bridgehead atoms. The highest BCUT2D eigenvalue weighted by Crippen LogP contribution is 2.23. The quantitative estimate of drug-likeness (QED) is 0.736. The molecular formula is C26H34FN3O. The highest BCUT2D eigenvalue weighted by molar-refractivity contribution is 5.88. The molecule has 2 aliphatic rings. The average Bonchev–Trinajstić information content (AvgIpc) is 3.14. The van der Waals surface area contributed by atoms with E-state index in [0.29, 0.717) is 0 Å². The molecule has 0 spiro atoms. The summed E-state index contributed by atoms with van der Waals surface area (Å²) in [6.07, 6.45) is 4.78. The number of fused-ring (bicyclic) bond motifs is 1. The lowest BCUT2D eigenvalue weighted by Gasteiger charge is -2.39. The number of benzene rings is 2. The van der Waals surface area contributed by atoms with Crippen molar-refractivity contribution in [2.24, 2.45) is 0 Å². The van der Waals surface area contributed by atoms with Crippen LogP contribution in [-0.2, 0) is 11.3 Å². The molecule has 4 rings (SSSR count). The summed E-state index contributed by atoms with van der Waals surface area (Å²) in [7, 11) is 0. The third-order valence-corrected chi connectivity index (χ3v) is 6.58. The average molecular weight is 424 g/mol. The van der Waals surface area contributed by atoms with Gasteiger partial charge in [-0.05, 0) is 74.6 Å². The van der Waals surface area contributed by atoms with Crippen LogP contribution in [0.3, 0.4) is 0 Å². The predicted octanol–water partition coefficient (Wildman–Crippen LogP) is 4.49. The molecule has 2 aromatic rings. The van der Waals surface area contributed by atoms with Crippen molar-refractivity contribution in [3.8, 4) is 0 Å². The van der Waals surface area contributed by atoms with Gasteiger partial charge in [-0.2, -0.15) is 0 Å². The number of hydrogen-bond acceptors (Lipinski definition) is 3. The summed E-state index contributed by atoms with van der Waals surface area (Å²) < 4.78 is 13.4. The lowest BCUT2D eigenvalue weighted by atomic mass is 9.97.